The van der Waals surface area contributed by atoms with Gasteiger partial charge < -0.3 is 14.7 Å². The summed E-state index contributed by atoms with van der Waals surface area (Å²) in [6.45, 7) is 3.40. The molecule has 110 valence electrons. The monoisotopic (exact) mass is 284 g/mol. The standard InChI is InChI=1S/C12H16N2O6/c1-2-5-19-10(15)7-20-14-8-3-4-9(11(16)17)13(6-8)12(14)18/h2,8-9H,1,3-7H2,(H,16,17)/t8-,9+/m0/s1. The number of hydrogen-bond acceptors (Lipinski definition) is 5. The Hall–Kier alpha value is -2.09. The molecule has 20 heavy (non-hydrogen) atoms. The summed E-state index contributed by atoms with van der Waals surface area (Å²) in [5.41, 5.74) is 0. The van der Waals surface area contributed by atoms with Crippen LogP contribution in [0.3, 0.4) is 0 Å². The summed E-state index contributed by atoms with van der Waals surface area (Å²) < 4.78 is 4.73. The van der Waals surface area contributed by atoms with E-state index in [1.807, 2.05) is 0 Å². The highest BCUT2D eigenvalue weighted by atomic mass is 16.7. The zero-order valence-electron chi connectivity index (χ0n) is 10.9. The fraction of sp³-hybridized carbons (Fsp3) is 0.583. The molecule has 2 saturated heterocycles. The molecule has 2 amide bonds. The van der Waals surface area contributed by atoms with Crippen molar-refractivity contribution in [2.24, 2.45) is 0 Å². The Bertz CT molecular complexity index is 438. The van der Waals surface area contributed by atoms with Crippen LogP contribution in [0.25, 0.3) is 0 Å². The van der Waals surface area contributed by atoms with Crippen LogP contribution in [0.5, 0.6) is 0 Å². The summed E-state index contributed by atoms with van der Waals surface area (Å²) in [6.07, 6.45) is 2.34. The molecule has 2 bridgehead atoms. The van der Waals surface area contributed by atoms with Gasteiger partial charge in [-0.05, 0) is 12.8 Å². The second-order valence-corrected chi connectivity index (χ2v) is 4.59. The minimum absolute atomic E-state index is 0.0762. The Morgan fingerprint density at radius 1 is 1.45 bits per heavy atom. The number of carboxylic acids is 1. The van der Waals surface area contributed by atoms with Crippen LogP contribution in [0.1, 0.15) is 12.8 Å². The Balaban J connectivity index is 1.91. The van der Waals surface area contributed by atoms with E-state index in [2.05, 4.69) is 6.58 Å². The number of piperidine rings is 1. The minimum Gasteiger partial charge on any atom is -0.480 e. The first kappa shape index (κ1) is 14.3. The number of carboxylic acid groups (broad SMARTS) is 1. The molecule has 0 unspecified atom stereocenters. The largest absolute Gasteiger partial charge is 0.480 e. The quantitative estimate of drug-likeness (QED) is 0.545. The predicted molar refractivity (Wildman–Crippen MR) is 65.5 cm³/mol. The molecule has 1 N–H and O–H groups in total. The number of hydrogen-bond donors (Lipinski definition) is 1. The van der Waals surface area contributed by atoms with Crippen molar-refractivity contribution >= 4 is 18.0 Å². The number of nitrogens with zero attached hydrogens (tertiary/aromatic N) is 2. The summed E-state index contributed by atoms with van der Waals surface area (Å²) in [5, 5.41) is 10.1. The average Bonchev–Trinajstić information content (AvgIpc) is 2.66. The highest BCUT2D eigenvalue weighted by Gasteiger charge is 2.48. The number of ether oxygens (including phenoxy) is 1. The van der Waals surface area contributed by atoms with Gasteiger partial charge in [-0.2, -0.15) is 5.06 Å². The number of urea groups is 1. The van der Waals surface area contributed by atoms with Gasteiger partial charge in [0.1, 0.15) is 12.6 Å². The lowest BCUT2D eigenvalue weighted by atomic mass is 10.0. The van der Waals surface area contributed by atoms with Gasteiger partial charge in [0, 0.05) is 6.54 Å². The van der Waals surface area contributed by atoms with Gasteiger partial charge in [-0.15, -0.1) is 0 Å². The Kier molecular flexibility index (Phi) is 4.23. The third-order valence-corrected chi connectivity index (χ3v) is 3.29. The molecule has 0 aromatic heterocycles. The van der Waals surface area contributed by atoms with E-state index < -0.39 is 24.0 Å². The Morgan fingerprint density at radius 3 is 2.85 bits per heavy atom. The van der Waals surface area contributed by atoms with Gasteiger partial charge in [-0.25, -0.2) is 14.4 Å². The van der Waals surface area contributed by atoms with Crippen LogP contribution >= 0.6 is 0 Å². The smallest absolute Gasteiger partial charge is 0.345 e. The first-order chi connectivity index (χ1) is 9.54. The number of fused-ring (bicyclic) bond motifs is 2. The van der Waals surface area contributed by atoms with Gasteiger partial charge in [-0.1, -0.05) is 12.7 Å². The van der Waals surface area contributed by atoms with Crippen LogP contribution in [0, 0.1) is 0 Å². The zero-order valence-corrected chi connectivity index (χ0v) is 10.9. The maximum absolute atomic E-state index is 12.0. The second-order valence-electron chi connectivity index (χ2n) is 4.59. The van der Waals surface area contributed by atoms with Gasteiger partial charge in [0.05, 0.1) is 6.04 Å². The third-order valence-electron chi connectivity index (χ3n) is 3.29. The molecule has 0 aromatic rings. The van der Waals surface area contributed by atoms with E-state index >= 15 is 0 Å². The first-order valence-corrected chi connectivity index (χ1v) is 6.26. The van der Waals surface area contributed by atoms with Crippen molar-refractivity contribution in [3.05, 3.63) is 12.7 Å². The topological polar surface area (TPSA) is 96.4 Å². The molecule has 0 radical (unpaired) electrons. The molecule has 8 nitrogen and oxygen atoms in total. The van der Waals surface area contributed by atoms with Crippen molar-refractivity contribution in [3.8, 4) is 0 Å². The van der Waals surface area contributed by atoms with Crippen LogP contribution in [0.2, 0.25) is 0 Å². The highest BCUT2D eigenvalue weighted by Crippen LogP contribution is 2.29. The lowest BCUT2D eigenvalue weighted by Gasteiger charge is -2.26. The molecule has 2 heterocycles. The van der Waals surface area contributed by atoms with Gasteiger partial charge >= 0.3 is 18.0 Å². The number of carbonyl (C=O) groups is 3. The third kappa shape index (κ3) is 2.74. The first-order valence-electron chi connectivity index (χ1n) is 6.26. The van der Waals surface area contributed by atoms with Crippen molar-refractivity contribution in [1.82, 2.24) is 9.96 Å². The molecular weight excluding hydrogens is 268 g/mol. The highest BCUT2D eigenvalue weighted by molar-refractivity contribution is 5.84. The molecule has 2 rings (SSSR count). The molecule has 2 aliphatic heterocycles. The molecule has 2 aliphatic rings. The average molecular weight is 284 g/mol. The van der Waals surface area contributed by atoms with E-state index in [1.165, 1.54) is 11.0 Å². The summed E-state index contributed by atoms with van der Waals surface area (Å²) in [7, 11) is 0. The SMILES string of the molecule is C=CCOC(=O)CON1C(=O)N2C[C@@H]1CC[C@@H]2C(=O)O. The number of esters is 1. The lowest BCUT2D eigenvalue weighted by molar-refractivity contribution is -0.171. The van der Waals surface area contributed by atoms with E-state index in [9.17, 15) is 14.4 Å². The minimum atomic E-state index is -1.02. The fourth-order valence-corrected chi connectivity index (χ4v) is 2.37. The Morgan fingerprint density at radius 2 is 2.20 bits per heavy atom. The number of carbonyl (C=O) groups excluding carboxylic acids is 2. The molecule has 0 aliphatic carbocycles. The lowest BCUT2D eigenvalue weighted by Crippen LogP contribution is -2.44. The van der Waals surface area contributed by atoms with E-state index in [0.29, 0.717) is 19.4 Å². The van der Waals surface area contributed by atoms with Crippen molar-refractivity contribution in [2.75, 3.05) is 19.8 Å². The van der Waals surface area contributed by atoms with Gasteiger partial charge in [0.15, 0.2) is 6.61 Å². The van der Waals surface area contributed by atoms with E-state index in [4.69, 9.17) is 14.7 Å². The van der Waals surface area contributed by atoms with Gasteiger partial charge in [0.25, 0.3) is 0 Å². The van der Waals surface area contributed by atoms with E-state index in [1.54, 1.807) is 0 Å². The van der Waals surface area contributed by atoms with Crippen LogP contribution in [0.15, 0.2) is 12.7 Å². The molecule has 0 saturated carbocycles. The van der Waals surface area contributed by atoms with Crippen LogP contribution in [0.4, 0.5) is 4.79 Å². The van der Waals surface area contributed by atoms with Gasteiger partial charge in [-0.3, -0.25) is 4.84 Å². The number of hydroxylamine groups is 2. The van der Waals surface area contributed by atoms with Crippen molar-refractivity contribution < 1.29 is 29.1 Å². The van der Waals surface area contributed by atoms with E-state index in [-0.39, 0.29) is 19.3 Å². The molecule has 8 heteroatoms. The molecule has 0 spiro atoms. The van der Waals surface area contributed by atoms with Crippen LogP contribution in [-0.4, -0.2) is 64.9 Å². The Labute approximate surface area is 115 Å². The summed E-state index contributed by atoms with van der Waals surface area (Å²) in [4.78, 5) is 40.8. The fourth-order valence-electron chi connectivity index (χ4n) is 2.37. The summed E-state index contributed by atoms with van der Waals surface area (Å²) in [5.74, 6) is -1.63. The maximum atomic E-state index is 12.0. The van der Waals surface area contributed by atoms with Gasteiger partial charge in [0.2, 0.25) is 0 Å². The van der Waals surface area contributed by atoms with Crippen molar-refractivity contribution in [2.45, 2.75) is 24.9 Å². The maximum Gasteiger partial charge on any atom is 0.345 e. The number of aliphatic carboxylic acids is 1. The predicted octanol–water partition coefficient (Wildman–Crippen LogP) is 0.000400. The summed E-state index contributed by atoms with van der Waals surface area (Å²) in [6, 6.07) is -1.55. The van der Waals surface area contributed by atoms with Crippen LogP contribution in [-0.2, 0) is 19.2 Å². The number of rotatable bonds is 6. The zero-order chi connectivity index (χ0) is 14.7. The van der Waals surface area contributed by atoms with Crippen molar-refractivity contribution in [1.29, 1.82) is 0 Å². The molecule has 2 fully saturated rings. The summed E-state index contributed by atoms with van der Waals surface area (Å²) >= 11 is 0. The normalized spacial score (nSPS) is 24.7. The second kappa shape index (κ2) is 5.91. The number of amides is 2. The molecular formula is C12H16N2O6. The van der Waals surface area contributed by atoms with Crippen molar-refractivity contribution in [3.63, 3.8) is 0 Å². The molecule has 2 atom stereocenters. The molecule has 0 aromatic carbocycles. The van der Waals surface area contributed by atoms with Crippen LogP contribution < -0.4 is 0 Å². The van der Waals surface area contributed by atoms with E-state index in [0.717, 1.165) is 5.06 Å².